The summed E-state index contributed by atoms with van der Waals surface area (Å²) in [5.41, 5.74) is 5.02. The molecule has 0 aromatic heterocycles. The lowest BCUT2D eigenvalue weighted by molar-refractivity contribution is -0.116. The van der Waals surface area contributed by atoms with Crippen LogP contribution >= 0.6 is 0 Å². The summed E-state index contributed by atoms with van der Waals surface area (Å²) in [6.45, 7) is 14.0. The summed E-state index contributed by atoms with van der Waals surface area (Å²) in [6.07, 6.45) is 24.3. The van der Waals surface area contributed by atoms with E-state index in [1.807, 2.05) is 6.21 Å². The van der Waals surface area contributed by atoms with Gasteiger partial charge >= 0.3 is 0 Å². The first kappa shape index (κ1) is 29.2. The van der Waals surface area contributed by atoms with E-state index in [0.29, 0.717) is 35.5 Å². The van der Waals surface area contributed by atoms with Gasteiger partial charge in [0.15, 0.2) is 0 Å². The van der Waals surface area contributed by atoms with Crippen LogP contribution in [-0.2, 0) is 0 Å². The van der Waals surface area contributed by atoms with Crippen LogP contribution in [0, 0.1) is 62.6 Å². The third-order valence-corrected chi connectivity index (χ3v) is 14.8. The summed E-state index contributed by atoms with van der Waals surface area (Å²) in [6, 6.07) is 0. The SMILES string of the molecule is C=C1C=C2[C@@]3(CC[C@@H](C[C@H](CO)CC4=CCN=C4)C3)C[C@]3(CC[C@H](CCCO)[C@H]3CO)[C@@H]3CC=C[C@@]4([C@@H]1C4(C)C)[C@@]23C. The molecule has 230 valence electrons. The molecule has 0 aromatic carbocycles. The average Bonchev–Trinajstić information content (AvgIpc) is 3.49. The zero-order valence-corrected chi connectivity index (χ0v) is 26.5. The van der Waals surface area contributed by atoms with Gasteiger partial charge in [0.2, 0.25) is 0 Å². The molecule has 0 amide bonds. The predicted molar refractivity (Wildman–Crippen MR) is 170 cm³/mol. The summed E-state index contributed by atoms with van der Waals surface area (Å²) in [5, 5.41) is 31.3. The lowest BCUT2D eigenvalue weighted by atomic mass is 9.36. The van der Waals surface area contributed by atoms with Crippen LogP contribution in [0.1, 0.15) is 91.4 Å². The second-order valence-electron chi connectivity index (χ2n) is 16.6. The smallest absolute Gasteiger partial charge is 0.0576 e. The Morgan fingerprint density at radius 1 is 1.12 bits per heavy atom. The number of allylic oxidation sites excluding steroid dienone is 6. The standard InChI is InChI=1S/C38H55NO3/c1-25-17-32-35(4)31(8-5-12-38(35)33(25)34(38,2)3)37(14-10-29(7-6-16-40)30(37)23-42)24-36(32)13-9-26(20-36)18-28(22-41)19-27-11-15-39-21-27/h5,11-12,17,21,26,28-31,33,40-42H,1,6-10,13-16,18-20,22-24H2,2-4H3/t26-,28-,29-,30+,31+,33-,35+,36+,37-,38-/m0/s1. The molecule has 0 unspecified atom stereocenters. The van der Waals surface area contributed by atoms with Gasteiger partial charge in [0.05, 0.1) is 6.54 Å². The topological polar surface area (TPSA) is 73.1 Å². The quantitative estimate of drug-likeness (QED) is 0.258. The molecule has 4 saturated carbocycles. The second kappa shape index (κ2) is 10.0. The summed E-state index contributed by atoms with van der Waals surface area (Å²) in [5.74, 6) is 2.78. The van der Waals surface area contributed by atoms with Crippen molar-refractivity contribution in [2.45, 2.75) is 91.4 Å². The normalized spacial score (nSPS) is 46.6. The van der Waals surface area contributed by atoms with E-state index in [0.717, 1.165) is 38.6 Å². The summed E-state index contributed by atoms with van der Waals surface area (Å²) in [7, 11) is 0. The molecule has 10 atom stereocenters. The van der Waals surface area contributed by atoms with Gasteiger partial charge in [-0.25, -0.2) is 0 Å². The molecule has 1 aliphatic heterocycles. The van der Waals surface area contributed by atoms with Crippen molar-refractivity contribution < 1.29 is 15.3 Å². The number of hydrogen-bond acceptors (Lipinski definition) is 4. The maximum Gasteiger partial charge on any atom is 0.0576 e. The largest absolute Gasteiger partial charge is 0.396 e. The van der Waals surface area contributed by atoms with Gasteiger partial charge in [-0.05, 0) is 128 Å². The van der Waals surface area contributed by atoms with Crippen LogP contribution in [0.5, 0.6) is 0 Å². The fourth-order valence-electron chi connectivity index (χ4n) is 13.5. The minimum Gasteiger partial charge on any atom is -0.396 e. The predicted octanol–water partition coefficient (Wildman–Crippen LogP) is 7.07. The van der Waals surface area contributed by atoms with E-state index in [4.69, 9.17) is 6.58 Å². The van der Waals surface area contributed by atoms with Gasteiger partial charge in [0, 0.05) is 36.9 Å². The molecule has 4 heteroatoms. The molecular weight excluding hydrogens is 518 g/mol. The number of rotatable bonds is 9. The van der Waals surface area contributed by atoms with Crippen molar-refractivity contribution in [3.05, 3.63) is 47.6 Å². The summed E-state index contributed by atoms with van der Waals surface area (Å²) in [4.78, 5) is 4.39. The molecule has 3 spiro atoms. The van der Waals surface area contributed by atoms with Crippen LogP contribution in [0.4, 0.5) is 0 Å². The Morgan fingerprint density at radius 3 is 2.67 bits per heavy atom. The highest BCUT2D eigenvalue weighted by atomic mass is 16.3. The van der Waals surface area contributed by atoms with Crippen LogP contribution in [0.15, 0.2) is 52.6 Å². The van der Waals surface area contributed by atoms with Gasteiger partial charge in [-0.15, -0.1) is 0 Å². The monoisotopic (exact) mass is 573 g/mol. The zero-order valence-electron chi connectivity index (χ0n) is 26.5. The Labute approximate surface area is 254 Å². The first-order valence-corrected chi connectivity index (χ1v) is 17.2. The Bertz CT molecular complexity index is 1240. The molecule has 0 bridgehead atoms. The third kappa shape index (κ3) is 3.67. The van der Waals surface area contributed by atoms with Crippen molar-refractivity contribution in [1.29, 1.82) is 0 Å². The van der Waals surface area contributed by atoms with Crippen molar-refractivity contribution in [1.82, 2.24) is 0 Å². The molecule has 1 heterocycles. The molecule has 7 rings (SSSR count). The fraction of sp³-hybridized carbons (Fsp3) is 0.763. The lowest BCUT2D eigenvalue weighted by Gasteiger charge is -2.67. The molecule has 6 aliphatic carbocycles. The number of hydrogen-bond donors (Lipinski definition) is 3. The molecule has 4 fully saturated rings. The van der Waals surface area contributed by atoms with E-state index in [1.165, 1.54) is 49.7 Å². The molecule has 0 aromatic rings. The van der Waals surface area contributed by atoms with Crippen molar-refractivity contribution in [2.75, 3.05) is 26.4 Å². The number of aliphatic hydroxyl groups is 3. The van der Waals surface area contributed by atoms with Gasteiger partial charge in [-0.3, -0.25) is 4.99 Å². The van der Waals surface area contributed by atoms with E-state index in [9.17, 15) is 15.3 Å². The maximum absolute atomic E-state index is 11.2. The average molecular weight is 574 g/mol. The highest BCUT2D eigenvalue weighted by molar-refractivity contribution is 5.80. The first-order valence-electron chi connectivity index (χ1n) is 17.2. The Hall–Kier alpha value is -1.49. The van der Waals surface area contributed by atoms with Crippen molar-refractivity contribution in [3.63, 3.8) is 0 Å². The molecule has 42 heavy (non-hydrogen) atoms. The zero-order chi connectivity index (χ0) is 29.5. The summed E-state index contributed by atoms with van der Waals surface area (Å²) < 4.78 is 0. The van der Waals surface area contributed by atoms with Gasteiger partial charge in [0.1, 0.15) is 0 Å². The van der Waals surface area contributed by atoms with Crippen LogP contribution in [0.2, 0.25) is 0 Å². The molecular formula is C38H55NO3. The van der Waals surface area contributed by atoms with E-state index in [1.54, 1.807) is 5.57 Å². The van der Waals surface area contributed by atoms with Crippen LogP contribution in [0.3, 0.4) is 0 Å². The Morgan fingerprint density at radius 2 is 1.95 bits per heavy atom. The molecule has 0 radical (unpaired) electrons. The Balaban J connectivity index is 1.29. The van der Waals surface area contributed by atoms with E-state index in [2.05, 4.69) is 50.1 Å². The number of fused-ring (bicyclic) bond motifs is 2. The van der Waals surface area contributed by atoms with Gasteiger partial charge in [-0.2, -0.15) is 0 Å². The molecule has 7 aliphatic rings. The fourth-order valence-corrected chi connectivity index (χ4v) is 13.5. The van der Waals surface area contributed by atoms with Crippen molar-refractivity contribution >= 4 is 6.21 Å². The van der Waals surface area contributed by atoms with Crippen molar-refractivity contribution in [2.24, 2.45) is 67.6 Å². The highest BCUT2D eigenvalue weighted by Gasteiger charge is 2.84. The first-order chi connectivity index (χ1) is 20.1. The van der Waals surface area contributed by atoms with Gasteiger partial charge < -0.3 is 15.3 Å². The van der Waals surface area contributed by atoms with Crippen LogP contribution < -0.4 is 0 Å². The highest BCUT2D eigenvalue weighted by Crippen LogP contribution is 2.90. The number of aliphatic hydroxyl groups excluding tert-OH is 3. The third-order valence-electron chi connectivity index (χ3n) is 14.8. The van der Waals surface area contributed by atoms with Crippen molar-refractivity contribution in [3.8, 4) is 0 Å². The minimum atomic E-state index is 0.0744. The van der Waals surface area contributed by atoms with Crippen LogP contribution in [-0.4, -0.2) is 47.9 Å². The molecule has 3 N–H and O–H groups in total. The number of aliphatic imine (C=N–C) groups is 1. The van der Waals surface area contributed by atoms with E-state index < -0.39 is 0 Å². The maximum atomic E-state index is 11.2. The van der Waals surface area contributed by atoms with Crippen LogP contribution in [0.25, 0.3) is 0 Å². The van der Waals surface area contributed by atoms with E-state index >= 15 is 0 Å². The second-order valence-corrected chi connectivity index (χ2v) is 16.6. The Kier molecular flexibility index (Phi) is 6.97. The number of nitrogens with zero attached hydrogens (tertiary/aromatic N) is 1. The minimum absolute atomic E-state index is 0.0744. The molecule has 0 saturated heterocycles. The van der Waals surface area contributed by atoms with E-state index in [-0.39, 0.29) is 46.9 Å². The molecule has 4 nitrogen and oxygen atoms in total. The van der Waals surface area contributed by atoms with Gasteiger partial charge in [-0.1, -0.05) is 62.8 Å². The lowest BCUT2D eigenvalue weighted by Crippen LogP contribution is -2.61. The summed E-state index contributed by atoms with van der Waals surface area (Å²) >= 11 is 0. The van der Waals surface area contributed by atoms with Gasteiger partial charge in [0.25, 0.3) is 0 Å².